The molecule has 0 atom stereocenters. The van der Waals surface area contributed by atoms with Crippen molar-refractivity contribution < 1.29 is 4.79 Å². The van der Waals surface area contributed by atoms with Gasteiger partial charge in [-0.05, 0) is 13.0 Å². The molecule has 2 nitrogen and oxygen atoms in total. The third kappa shape index (κ3) is 1.71. The topological polar surface area (TPSA) is 22.0 Å². The van der Waals surface area contributed by atoms with Crippen LogP contribution in [0.3, 0.4) is 0 Å². The Morgan fingerprint density at radius 3 is 3.00 bits per heavy atom. The second-order valence-electron chi connectivity index (χ2n) is 2.33. The standard InChI is InChI=1S/C9H9NO/c1-3-5-10-6-4-9(7-10)8(2)11/h1,4,6-7H,5H2,2H3. The molecule has 0 N–H and O–H groups in total. The average Bonchev–Trinajstić information content (AvgIpc) is 2.37. The molecule has 0 saturated carbocycles. The Hall–Kier alpha value is -1.49. The molecule has 0 aliphatic carbocycles. The zero-order valence-corrected chi connectivity index (χ0v) is 6.37. The summed E-state index contributed by atoms with van der Waals surface area (Å²) in [4.78, 5) is 10.8. The van der Waals surface area contributed by atoms with Crippen LogP contribution < -0.4 is 0 Å². The third-order valence-corrected chi connectivity index (χ3v) is 1.43. The maximum atomic E-state index is 10.8. The zero-order chi connectivity index (χ0) is 8.27. The summed E-state index contributed by atoms with van der Waals surface area (Å²) < 4.78 is 1.80. The highest BCUT2D eigenvalue weighted by molar-refractivity contribution is 5.93. The number of terminal acetylenes is 1. The van der Waals surface area contributed by atoms with Crippen molar-refractivity contribution in [1.82, 2.24) is 4.57 Å². The van der Waals surface area contributed by atoms with Crippen molar-refractivity contribution in [3.05, 3.63) is 24.0 Å². The first-order chi connectivity index (χ1) is 5.24. The lowest BCUT2D eigenvalue weighted by Gasteiger charge is -1.91. The molecule has 1 aromatic rings. The lowest BCUT2D eigenvalue weighted by Crippen LogP contribution is -1.92. The van der Waals surface area contributed by atoms with Crippen LogP contribution in [-0.4, -0.2) is 10.4 Å². The van der Waals surface area contributed by atoms with E-state index in [4.69, 9.17) is 6.42 Å². The molecule has 0 spiro atoms. The van der Waals surface area contributed by atoms with Gasteiger partial charge in [0, 0.05) is 18.0 Å². The number of rotatable bonds is 2. The Balaban J connectivity index is 2.83. The lowest BCUT2D eigenvalue weighted by molar-refractivity contribution is 0.101. The van der Waals surface area contributed by atoms with Gasteiger partial charge in [0.05, 0.1) is 6.54 Å². The molecule has 2 heteroatoms. The van der Waals surface area contributed by atoms with Crippen LogP contribution in [0.1, 0.15) is 17.3 Å². The summed E-state index contributed by atoms with van der Waals surface area (Å²) in [5.74, 6) is 2.56. The number of ketones is 1. The van der Waals surface area contributed by atoms with Crippen molar-refractivity contribution in [2.45, 2.75) is 13.5 Å². The summed E-state index contributed by atoms with van der Waals surface area (Å²) in [6.07, 6.45) is 8.64. The van der Waals surface area contributed by atoms with Gasteiger partial charge in [-0.25, -0.2) is 0 Å². The van der Waals surface area contributed by atoms with Crippen molar-refractivity contribution >= 4 is 5.78 Å². The minimum Gasteiger partial charge on any atom is -0.342 e. The first-order valence-electron chi connectivity index (χ1n) is 3.34. The van der Waals surface area contributed by atoms with E-state index in [0.29, 0.717) is 12.1 Å². The highest BCUT2D eigenvalue weighted by Crippen LogP contribution is 2.01. The predicted octanol–water partition coefficient (Wildman–Crippen LogP) is 1.32. The second-order valence-corrected chi connectivity index (χ2v) is 2.33. The van der Waals surface area contributed by atoms with E-state index in [0.717, 1.165) is 0 Å². The van der Waals surface area contributed by atoms with Crippen molar-refractivity contribution in [2.75, 3.05) is 0 Å². The van der Waals surface area contributed by atoms with Crippen LogP contribution in [0, 0.1) is 12.3 Å². The molecule has 0 aliphatic heterocycles. The molecule has 0 amide bonds. The van der Waals surface area contributed by atoms with E-state index in [1.807, 2.05) is 0 Å². The van der Waals surface area contributed by atoms with Gasteiger partial charge >= 0.3 is 0 Å². The van der Waals surface area contributed by atoms with E-state index in [2.05, 4.69) is 5.92 Å². The van der Waals surface area contributed by atoms with Gasteiger partial charge in [0.2, 0.25) is 0 Å². The molecule has 0 aromatic carbocycles. The number of nitrogens with zero attached hydrogens (tertiary/aromatic N) is 1. The van der Waals surface area contributed by atoms with Crippen LogP contribution >= 0.6 is 0 Å². The average molecular weight is 147 g/mol. The van der Waals surface area contributed by atoms with E-state index in [1.165, 1.54) is 6.92 Å². The van der Waals surface area contributed by atoms with Gasteiger partial charge < -0.3 is 4.57 Å². The van der Waals surface area contributed by atoms with Crippen LogP contribution in [0.2, 0.25) is 0 Å². The number of carbonyl (C=O) groups is 1. The van der Waals surface area contributed by atoms with Gasteiger partial charge in [0.15, 0.2) is 5.78 Å². The summed E-state index contributed by atoms with van der Waals surface area (Å²) >= 11 is 0. The van der Waals surface area contributed by atoms with Gasteiger partial charge in [-0.15, -0.1) is 6.42 Å². The maximum Gasteiger partial charge on any atom is 0.161 e. The molecule has 0 saturated heterocycles. The zero-order valence-electron chi connectivity index (χ0n) is 6.37. The summed E-state index contributed by atoms with van der Waals surface area (Å²) in [6.45, 7) is 2.06. The van der Waals surface area contributed by atoms with Gasteiger partial charge in [-0.3, -0.25) is 4.79 Å². The van der Waals surface area contributed by atoms with Gasteiger partial charge in [-0.1, -0.05) is 5.92 Å². The number of aromatic nitrogens is 1. The molecule has 1 heterocycles. The summed E-state index contributed by atoms with van der Waals surface area (Å²) in [5, 5.41) is 0. The van der Waals surface area contributed by atoms with Crippen LogP contribution in [0.5, 0.6) is 0 Å². The van der Waals surface area contributed by atoms with E-state index in [-0.39, 0.29) is 5.78 Å². The normalized spacial score (nSPS) is 9.09. The third-order valence-electron chi connectivity index (χ3n) is 1.43. The summed E-state index contributed by atoms with van der Waals surface area (Å²) in [7, 11) is 0. The molecule has 0 radical (unpaired) electrons. The Morgan fingerprint density at radius 1 is 1.82 bits per heavy atom. The van der Waals surface area contributed by atoms with Gasteiger partial charge in [0.25, 0.3) is 0 Å². The van der Waals surface area contributed by atoms with Crippen LogP contribution in [-0.2, 0) is 6.54 Å². The lowest BCUT2D eigenvalue weighted by atomic mass is 10.2. The molecule has 0 bridgehead atoms. The highest BCUT2D eigenvalue weighted by atomic mass is 16.1. The molecule has 56 valence electrons. The largest absolute Gasteiger partial charge is 0.342 e. The van der Waals surface area contributed by atoms with Crippen LogP contribution in [0.4, 0.5) is 0 Å². The molecule has 1 rings (SSSR count). The fourth-order valence-electron chi connectivity index (χ4n) is 0.853. The molecule has 0 fully saturated rings. The molecular weight excluding hydrogens is 138 g/mol. The summed E-state index contributed by atoms with van der Waals surface area (Å²) in [5.41, 5.74) is 0.709. The fraction of sp³-hybridized carbons (Fsp3) is 0.222. The number of hydrogen-bond donors (Lipinski definition) is 0. The van der Waals surface area contributed by atoms with Crippen molar-refractivity contribution in [3.63, 3.8) is 0 Å². The van der Waals surface area contributed by atoms with Gasteiger partial charge in [0.1, 0.15) is 0 Å². The van der Waals surface area contributed by atoms with Crippen molar-refractivity contribution in [1.29, 1.82) is 0 Å². The number of hydrogen-bond acceptors (Lipinski definition) is 1. The van der Waals surface area contributed by atoms with E-state index < -0.39 is 0 Å². The van der Waals surface area contributed by atoms with Crippen LogP contribution in [0.15, 0.2) is 18.5 Å². The molecule has 0 aliphatic rings. The summed E-state index contributed by atoms with van der Waals surface area (Å²) in [6, 6.07) is 1.76. The number of carbonyl (C=O) groups excluding carboxylic acids is 1. The minimum absolute atomic E-state index is 0.0702. The predicted molar refractivity (Wildman–Crippen MR) is 43.3 cm³/mol. The van der Waals surface area contributed by atoms with Crippen molar-refractivity contribution in [2.24, 2.45) is 0 Å². The Morgan fingerprint density at radius 2 is 2.55 bits per heavy atom. The van der Waals surface area contributed by atoms with E-state index in [9.17, 15) is 4.79 Å². The Labute approximate surface area is 65.8 Å². The van der Waals surface area contributed by atoms with Crippen molar-refractivity contribution in [3.8, 4) is 12.3 Å². The van der Waals surface area contributed by atoms with E-state index in [1.54, 1.807) is 23.0 Å². The monoisotopic (exact) mass is 147 g/mol. The smallest absolute Gasteiger partial charge is 0.161 e. The molecule has 0 unspecified atom stereocenters. The molecule has 11 heavy (non-hydrogen) atoms. The minimum atomic E-state index is 0.0702. The fourth-order valence-corrected chi connectivity index (χ4v) is 0.853. The first kappa shape index (κ1) is 7.62. The Bertz CT molecular complexity index is 304. The van der Waals surface area contributed by atoms with Gasteiger partial charge in [-0.2, -0.15) is 0 Å². The molecule has 1 aromatic heterocycles. The number of Topliss-reactive ketones (excluding diaryl/α,β-unsaturated/α-hetero) is 1. The van der Waals surface area contributed by atoms with Crippen LogP contribution in [0.25, 0.3) is 0 Å². The Kier molecular flexibility index (Phi) is 2.12. The SMILES string of the molecule is C#CCn1ccc(C(C)=O)c1. The quantitative estimate of drug-likeness (QED) is 0.457. The molecular formula is C9H9NO. The maximum absolute atomic E-state index is 10.8. The van der Waals surface area contributed by atoms with E-state index >= 15 is 0 Å². The first-order valence-corrected chi connectivity index (χ1v) is 3.34. The second kappa shape index (κ2) is 3.07. The highest BCUT2D eigenvalue weighted by Gasteiger charge is 1.99.